The molecule has 0 unspecified atom stereocenters. The molecule has 0 saturated carbocycles. The zero-order chi connectivity index (χ0) is 17.9. The van der Waals surface area contributed by atoms with E-state index in [4.69, 9.17) is 9.15 Å². The van der Waals surface area contributed by atoms with Crippen molar-refractivity contribution in [3.05, 3.63) is 53.1 Å². The van der Waals surface area contributed by atoms with Crippen LogP contribution in [0.25, 0.3) is 11.2 Å². The van der Waals surface area contributed by atoms with Crippen LogP contribution in [0.5, 0.6) is 5.75 Å². The predicted molar refractivity (Wildman–Crippen MR) is 99.9 cm³/mol. The molecule has 3 heterocycles. The van der Waals surface area contributed by atoms with E-state index < -0.39 is 0 Å². The fraction of sp³-hybridized carbons (Fsp3) is 0.368. The number of hydrogen-bond donors (Lipinski definition) is 0. The van der Waals surface area contributed by atoms with Gasteiger partial charge in [0.15, 0.2) is 11.2 Å². The van der Waals surface area contributed by atoms with Crippen molar-refractivity contribution in [2.45, 2.75) is 6.54 Å². The lowest BCUT2D eigenvalue weighted by molar-refractivity contribution is 0.246. The fourth-order valence-electron chi connectivity index (χ4n) is 3.36. The van der Waals surface area contributed by atoms with Crippen LogP contribution < -0.4 is 15.4 Å². The Hall–Kier alpha value is -2.80. The third-order valence-electron chi connectivity index (χ3n) is 4.87. The Kier molecular flexibility index (Phi) is 4.62. The molecule has 26 heavy (non-hydrogen) atoms. The molecule has 0 aliphatic carbocycles. The Morgan fingerprint density at radius 3 is 2.58 bits per heavy atom. The van der Waals surface area contributed by atoms with E-state index in [1.807, 2.05) is 12.1 Å². The first-order valence-corrected chi connectivity index (χ1v) is 8.80. The SMILES string of the molecule is COc1ccc(N2CCN(CCn3c(=O)oc4cccnc43)CC2)cc1. The number of hydrogen-bond acceptors (Lipinski definition) is 6. The lowest BCUT2D eigenvalue weighted by Gasteiger charge is -2.36. The molecular weight excluding hydrogens is 332 g/mol. The second-order valence-electron chi connectivity index (χ2n) is 6.37. The Morgan fingerprint density at radius 2 is 1.85 bits per heavy atom. The lowest BCUT2D eigenvalue weighted by Crippen LogP contribution is -2.47. The van der Waals surface area contributed by atoms with Crippen molar-refractivity contribution in [3.63, 3.8) is 0 Å². The van der Waals surface area contributed by atoms with Gasteiger partial charge in [0.1, 0.15) is 5.75 Å². The first-order chi connectivity index (χ1) is 12.7. The molecule has 7 heteroatoms. The molecule has 1 aliphatic rings. The van der Waals surface area contributed by atoms with E-state index in [9.17, 15) is 4.79 Å². The minimum Gasteiger partial charge on any atom is -0.497 e. The highest BCUT2D eigenvalue weighted by molar-refractivity contribution is 5.67. The Labute approximate surface area is 151 Å². The van der Waals surface area contributed by atoms with Gasteiger partial charge in [0, 0.05) is 51.2 Å². The Balaban J connectivity index is 1.35. The molecule has 136 valence electrons. The van der Waals surface area contributed by atoms with Crippen LogP contribution in [0.3, 0.4) is 0 Å². The van der Waals surface area contributed by atoms with Gasteiger partial charge in [-0.25, -0.2) is 9.78 Å². The number of rotatable bonds is 5. The molecule has 0 spiro atoms. The van der Waals surface area contributed by atoms with Gasteiger partial charge in [-0.1, -0.05) is 0 Å². The highest BCUT2D eigenvalue weighted by atomic mass is 16.5. The summed E-state index contributed by atoms with van der Waals surface area (Å²) >= 11 is 0. The summed E-state index contributed by atoms with van der Waals surface area (Å²) in [4.78, 5) is 21.0. The van der Waals surface area contributed by atoms with Crippen LogP contribution in [0, 0.1) is 0 Å². The average Bonchev–Trinajstić information content (AvgIpc) is 3.02. The summed E-state index contributed by atoms with van der Waals surface area (Å²) in [6.07, 6.45) is 1.68. The van der Waals surface area contributed by atoms with Gasteiger partial charge in [-0.15, -0.1) is 0 Å². The highest BCUT2D eigenvalue weighted by Gasteiger charge is 2.18. The van der Waals surface area contributed by atoms with Crippen LogP contribution in [0.1, 0.15) is 0 Å². The van der Waals surface area contributed by atoms with Crippen molar-refractivity contribution in [3.8, 4) is 5.75 Å². The summed E-state index contributed by atoms with van der Waals surface area (Å²) in [5.41, 5.74) is 2.38. The first kappa shape index (κ1) is 16.7. The molecule has 0 radical (unpaired) electrons. The molecule has 3 aromatic rings. The van der Waals surface area contributed by atoms with Gasteiger partial charge in [0.05, 0.1) is 7.11 Å². The number of oxazole rings is 1. The van der Waals surface area contributed by atoms with Crippen molar-refractivity contribution in [2.24, 2.45) is 0 Å². The maximum atomic E-state index is 12.0. The van der Waals surface area contributed by atoms with Gasteiger partial charge < -0.3 is 14.1 Å². The smallest absolute Gasteiger partial charge is 0.421 e. The topological polar surface area (TPSA) is 63.7 Å². The van der Waals surface area contributed by atoms with Crippen molar-refractivity contribution < 1.29 is 9.15 Å². The number of pyridine rings is 1. The quantitative estimate of drug-likeness (QED) is 0.696. The second kappa shape index (κ2) is 7.21. The molecule has 7 nitrogen and oxygen atoms in total. The molecule has 0 bridgehead atoms. The number of benzene rings is 1. The van der Waals surface area contributed by atoms with Gasteiger partial charge in [-0.3, -0.25) is 9.47 Å². The molecule has 2 aromatic heterocycles. The third-order valence-corrected chi connectivity index (χ3v) is 4.87. The fourth-order valence-corrected chi connectivity index (χ4v) is 3.36. The van der Waals surface area contributed by atoms with Gasteiger partial charge >= 0.3 is 5.76 Å². The lowest BCUT2D eigenvalue weighted by atomic mass is 10.2. The monoisotopic (exact) mass is 354 g/mol. The minimum absolute atomic E-state index is 0.337. The van der Waals surface area contributed by atoms with E-state index in [1.54, 1.807) is 30.0 Å². The van der Waals surface area contributed by atoms with Crippen molar-refractivity contribution in [1.82, 2.24) is 14.5 Å². The molecule has 1 aromatic carbocycles. The predicted octanol–water partition coefficient (Wildman–Crippen LogP) is 1.82. The Morgan fingerprint density at radius 1 is 1.08 bits per heavy atom. The maximum absolute atomic E-state index is 12.0. The van der Waals surface area contributed by atoms with E-state index in [2.05, 4.69) is 26.9 Å². The Bertz CT molecular complexity index is 924. The molecule has 1 fully saturated rings. The van der Waals surface area contributed by atoms with E-state index in [1.165, 1.54) is 5.69 Å². The second-order valence-corrected chi connectivity index (χ2v) is 6.37. The van der Waals surface area contributed by atoms with Crippen molar-refractivity contribution in [1.29, 1.82) is 0 Å². The molecule has 0 amide bonds. The van der Waals surface area contributed by atoms with Gasteiger partial charge in [0.2, 0.25) is 0 Å². The number of ether oxygens (including phenoxy) is 1. The number of anilines is 1. The van der Waals surface area contributed by atoms with E-state index in [0.29, 0.717) is 17.8 Å². The number of aromatic nitrogens is 2. The molecule has 4 rings (SSSR count). The maximum Gasteiger partial charge on any atom is 0.421 e. The molecule has 1 saturated heterocycles. The van der Waals surface area contributed by atoms with Crippen LogP contribution in [-0.4, -0.2) is 54.3 Å². The number of methoxy groups -OCH3 is 1. The molecule has 0 atom stereocenters. The summed E-state index contributed by atoms with van der Waals surface area (Å²) < 4.78 is 12.1. The summed E-state index contributed by atoms with van der Waals surface area (Å²) in [6, 6.07) is 11.7. The molecule has 1 aliphatic heterocycles. The van der Waals surface area contributed by atoms with Crippen molar-refractivity contribution >= 4 is 16.9 Å². The van der Waals surface area contributed by atoms with Crippen LogP contribution in [0.4, 0.5) is 5.69 Å². The van der Waals surface area contributed by atoms with Crippen molar-refractivity contribution in [2.75, 3.05) is 44.7 Å². The third kappa shape index (κ3) is 3.30. The van der Waals surface area contributed by atoms with Gasteiger partial charge in [0.25, 0.3) is 0 Å². The summed E-state index contributed by atoms with van der Waals surface area (Å²) in [5.74, 6) is 0.536. The first-order valence-electron chi connectivity index (χ1n) is 8.80. The van der Waals surface area contributed by atoms with Crippen LogP contribution in [-0.2, 0) is 6.54 Å². The zero-order valence-corrected chi connectivity index (χ0v) is 14.8. The van der Waals surface area contributed by atoms with Gasteiger partial charge in [-0.2, -0.15) is 0 Å². The summed E-state index contributed by atoms with van der Waals surface area (Å²) in [7, 11) is 1.68. The van der Waals surface area contributed by atoms with Crippen LogP contribution >= 0.6 is 0 Å². The normalized spacial score (nSPS) is 15.5. The van der Waals surface area contributed by atoms with E-state index in [-0.39, 0.29) is 5.76 Å². The van der Waals surface area contributed by atoms with Crippen LogP contribution in [0.15, 0.2) is 51.8 Å². The number of fused-ring (bicyclic) bond motifs is 1. The van der Waals surface area contributed by atoms with E-state index >= 15 is 0 Å². The summed E-state index contributed by atoms with van der Waals surface area (Å²) in [5, 5.41) is 0. The number of nitrogens with zero attached hydrogens (tertiary/aromatic N) is 4. The van der Waals surface area contributed by atoms with Crippen LogP contribution in [0.2, 0.25) is 0 Å². The zero-order valence-electron chi connectivity index (χ0n) is 14.8. The summed E-state index contributed by atoms with van der Waals surface area (Å²) in [6.45, 7) is 5.25. The molecular formula is C19H22N4O3. The minimum atomic E-state index is -0.337. The standard InChI is InChI=1S/C19H22N4O3/c1-25-16-6-4-15(5-7-16)22-12-9-21(10-13-22)11-14-23-18-17(26-19(23)24)3-2-8-20-18/h2-8H,9-14H2,1H3. The number of piperazine rings is 1. The van der Waals surface area contributed by atoms with Gasteiger partial charge in [-0.05, 0) is 36.4 Å². The average molecular weight is 354 g/mol. The molecule has 0 N–H and O–H groups in total. The van der Waals surface area contributed by atoms with E-state index in [0.717, 1.165) is 38.5 Å². The highest BCUT2D eigenvalue weighted by Crippen LogP contribution is 2.20. The largest absolute Gasteiger partial charge is 0.497 e.